The first kappa shape index (κ1) is 46.6. The highest BCUT2D eigenvalue weighted by Crippen LogP contribution is 2.21. The van der Waals surface area contributed by atoms with Crippen molar-refractivity contribution in [2.24, 2.45) is 17.6 Å². The summed E-state index contributed by atoms with van der Waals surface area (Å²) in [6.45, 7) is -0.414. The van der Waals surface area contributed by atoms with E-state index in [1.54, 1.807) is 121 Å². The van der Waals surface area contributed by atoms with Crippen molar-refractivity contribution in [2.75, 3.05) is 6.54 Å². The number of unbranched alkanes of at least 4 members (excludes halogenated alkanes) is 1. The molecule has 2 unspecified atom stereocenters. The summed E-state index contributed by atoms with van der Waals surface area (Å²) >= 11 is 0. The van der Waals surface area contributed by atoms with E-state index in [1.165, 1.54) is 0 Å². The predicted molar refractivity (Wildman–Crippen MR) is 220 cm³/mol. The first-order valence-electron chi connectivity index (χ1n) is 19.7. The molecular weight excluding hydrogens is 789 g/mol. The fraction of sp³-hybridized carbons (Fsp3) is 0.311. The van der Waals surface area contributed by atoms with Crippen LogP contribution in [0.4, 0.5) is 9.59 Å². The number of nitrogens with zero attached hydrogens (tertiary/aromatic N) is 1. The quantitative estimate of drug-likeness (QED) is 0.0551. The number of amides is 4. The summed E-state index contributed by atoms with van der Waals surface area (Å²) < 4.78 is 11.0. The molecule has 0 spiro atoms. The van der Waals surface area contributed by atoms with E-state index in [-0.39, 0.29) is 45.4 Å². The van der Waals surface area contributed by atoms with Crippen molar-refractivity contribution in [3.05, 3.63) is 144 Å². The fourth-order valence-corrected chi connectivity index (χ4v) is 6.52. The normalized spacial score (nSPS) is 13.3. The second kappa shape index (κ2) is 24.1. The van der Waals surface area contributed by atoms with Crippen LogP contribution in [0.2, 0.25) is 0 Å². The van der Waals surface area contributed by atoms with E-state index >= 15 is 0 Å². The Bertz CT molecular complexity index is 2000. The molecule has 7 N–H and O–H groups in total. The largest absolute Gasteiger partial charge is 0.481 e. The lowest BCUT2D eigenvalue weighted by Gasteiger charge is -2.31. The maximum absolute atomic E-state index is 14.5. The van der Waals surface area contributed by atoms with Crippen molar-refractivity contribution in [3.8, 4) is 0 Å². The minimum atomic E-state index is -2.04. The molecule has 322 valence electrons. The van der Waals surface area contributed by atoms with Gasteiger partial charge in [0.05, 0.1) is 11.8 Å². The number of rotatable bonds is 23. The highest BCUT2D eigenvalue weighted by atomic mass is 16.6. The summed E-state index contributed by atoms with van der Waals surface area (Å²) in [5, 5.41) is 35.4. The van der Waals surface area contributed by atoms with Crippen molar-refractivity contribution in [1.82, 2.24) is 15.5 Å². The van der Waals surface area contributed by atoms with E-state index in [4.69, 9.17) is 15.2 Å². The van der Waals surface area contributed by atoms with Crippen molar-refractivity contribution in [1.29, 1.82) is 0 Å². The number of carbonyl (C=O) groups excluding carboxylic acids is 4. The first-order chi connectivity index (χ1) is 29.4. The Morgan fingerprint density at radius 2 is 1.02 bits per heavy atom. The molecule has 0 aliphatic rings. The summed E-state index contributed by atoms with van der Waals surface area (Å²) in [5.74, 6) is -9.96. The lowest BCUT2D eigenvalue weighted by molar-refractivity contribution is -0.152. The van der Waals surface area contributed by atoms with Crippen molar-refractivity contribution < 1.29 is 58.4 Å². The SMILES string of the molecule is NCCCC[C@@H](C(=O)N[C@@H](CC(Cc1ccccc1)C(=O)O)C(=O)N[C@H](C(=O)O)C(Cc1ccccc1)C(=O)O)N(C(=O)OCc1ccccc1)C(=O)OCc1ccccc1. The van der Waals surface area contributed by atoms with Gasteiger partial charge in [-0.15, -0.1) is 0 Å². The number of hydrogen-bond donors (Lipinski definition) is 6. The van der Waals surface area contributed by atoms with Crippen LogP contribution >= 0.6 is 0 Å². The standard InChI is InChI=1S/C45H50N4O12/c46-24-14-13-23-37(49(44(58)60-28-32-19-9-3-10-20-32)45(59)61-29-33-21-11-4-12-22-33)40(51)47-36(27-34(41(52)53)25-30-15-5-1-6-16-30)39(50)48-38(43(56)57)35(42(54)55)26-31-17-7-2-8-18-31/h1-12,15-22,34-38H,13-14,23-29,46H2,(H,47,51)(H,48,50)(H,52,53)(H,54,55)(H,56,57)/t34?,35?,36-,37-,38-/m0/s1. The Morgan fingerprint density at radius 3 is 1.44 bits per heavy atom. The molecule has 4 aromatic carbocycles. The van der Waals surface area contributed by atoms with Crippen molar-refractivity contribution in [3.63, 3.8) is 0 Å². The molecule has 16 nitrogen and oxygen atoms in total. The molecule has 0 aromatic heterocycles. The van der Waals surface area contributed by atoms with Gasteiger partial charge in [0.15, 0.2) is 0 Å². The molecule has 0 heterocycles. The number of ether oxygens (including phenoxy) is 2. The van der Waals surface area contributed by atoms with Crippen LogP contribution in [0.5, 0.6) is 0 Å². The number of aliphatic carboxylic acids is 3. The lowest BCUT2D eigenvalue weighted by Crippen LogP contribution is -2.59. The van der Waals surface area contributed by atoms with Gasteiger partial charge in [-0.1, -0.05) is 121 Å². The smallest absolute Gasteiger partial charge is 0.420 e. The van der Waals surface area contributed by atoms with Crippen molar-refractivity contribution in [2.45, 2.75) is 69.9 Å². The van der Waals surface area contributed by atoms with E-state index in [1.807, 2.05) is 0 Å². The van der Waals surface area contributed by atoms with Crippen LogP contribution in [0.15, 0.2) is 121 Å². The van der Waals surface area contributed by atoms with Gasteiger partial charge in [0.1, 0.15) is 31.3 Å². The Hall–Kier alpha value is -7.07. The number of benzene rings is 4. The number of carbonyl (C=O) groups is 7. The van der Waals surface area contributed by atoms with Gasteiger partial charge in [-0.2, -0.15) is 4.90 Å². The lowest BCUT2D eigenvalue weighted by atomic mass is 9.90. The van der Waals surface area contributed by atoms with Crippen LogP contribution < -0.4 is 16.4 Å². The Morgan fingerprint density at radius 1 is 0.557 bits per heavy atom. The molecule has 0 saturated carbocycles. The molecule has 4 aromatic rings. The van der Waals surface area contributed by atoms with Gasteiger partial charge in [-0.25, -0.2) is 14.4 Å². The van der Waals surface area contributed by atoms with Crippen LogP contribution in [0, 0.1) is 11.8 Å². The number of nitrogens with two attached hydrogens (primary N) is 1. The topological polar surface area (TPSA) is 252 Å². The third-order valence-electron chi connectivity index (χ3n) is 9.76. The number of imide groups is 1. The molecule has 16 heteroatoms. The maximum Gasteiger partial charge on any atom is 0.420 e. The van der Waals surface area contributed by atoms with Gasteiger partial charge in [-0.05, 0) is 67.3 Å². The minimum Gasteiger partial charge on any atom is -0.481 e. The van der Waals surface area contributed by atoms with Crippen molar-refractivity contribution >= 4 is 41.9 Å². The second-order valence-electron chi connectivity index (χ2n) is 14.2. The van der Waals surface area contributed by atoms with E-state index in [9.17, 15) is 48.9 Å². The number of hydrogen-bond acceptors (Lipinski definition) is 10. The van der Waals surface area contributed by atoms with Gasteiger partial charge >= 0.3 is 30.1 Å². The predicted octanol–water partition coefficient (Wildman–Crippen LogP) is 4.79. The van der Waals surface area contributed by atoms with Crippen LogP contribution in [0.1, 0.15) is 47.9 Å². The van der Waals surface area contributed by atoms with Gasteiger partial charge < -0.3 is 41.2 Å². The average molecular weight is 839 g/mol. The van der Waals surface area contributed by atoms with Gasteiger partial charge in [0.2, 0.25) is 11.8 Å². The highest BCUT2D eigenvalue weighted by molar-refractivity contribution is 5.98. The average Bonchev–Trinajstić information content (AvgIpc) is 3.26. The van der Waals surface area contributed by atoms with E-state index in [0.29, 0.717) is 33.6 Å². The molecule has 0 radical (unpaired) electrons. The Balaban J connectivity index is 1.72. The molecule has 4 rings (SSSR count). The Kier molecular flexibility index (Phi) is 18.4. The first-order valence-corrected chi connectivity index (χ1v) is 19.7. The zero-order chi connectivity index (χ0) is 44.1. The van der Waals surface area contributed by atoms with Crippen LogP contribution in [-0.2, 0) is 59.5 Å². The Labute approximate surface area is 352 Å². The third kappa shape index (κ3) is 14.9. The number of carboxylic acids is 3. The molecule has 0 aliphatic heterocycles. The fourth-order valence-electron chi connectivity index (χ4n) is 6.52. The van der Waals surface area contributed by atoms with Crippen LogP contribution in [-0.4, -0.2) is 86.8 Å². The molecule has 0 bridgehead atoms. The summed E-state index contributed by atoms with van der Waals surface area (Å²) in [6, 6.07) is 28.0. The number of carboxylic acid groups (broad SMARTS) is 3. The third-order valence-corrected chi connectivity index (χ3v) is 9.76. The molecule has 5 atom stereocenters. The molecule has 61 heavy (non-hydrogen) atoms. The van der Waals surface area contributed by atoms with E-state index in [2.05, 4.69) is 10.6 Å². The second-order valence-corrected chi connectivity index (χ2v) is 14.2. The summed E-state index contributed by atoms with van der Waals surface area (Å²) in [5.41, 5.74) is 7.91. The zero-order valence-electron chi connectivity index (χ0n) is 33.3. The summed E-state index contributed by atoms with van der Waals surface area (Å²) in [4.78, 5) is 94.8. The van der Waals surface area contributed by atoms with Crippen LogP contribution in [0.3, 0.4) is 0 Å². The van der Waals surface area contributed by atoms with Gasteiger partial charge in [0.25, 0.3) is 0 Å². The zero-order valence-corrected chi connectivity index (χ0v) is 33.3. The minimum absolute atomic E-state index is 0.117. The highest BCUT2D eigenvalue weighted by Gasteiger charge is 2.41. The van der Waals surface area contributed by atoms with Crippen LogP contribution in [0.25, 0.3) is 0 Å². The molecule has 4 amide bonds. The maximum atomic E-state index is 14.5. The van der Waals surface area contributed by atoms with E-state index < -0.39 is 78.3 Å². The number of nitrogens with one attached hydrogen (secondary N) is 2. The molecular formula is C45H50N4O12. The monoisotopic (exact) mass is 838 g/mol. The summed E-state index contributed by atoms with van der Waals surface area (Å²) in [6.07, 6.45) is -3.24. The molecule has 0 saturated heterocycles. The van der Waals surface area contributed by atoms with E-state index in [0.717, 1.165) is 0 Å². The summed E-state index contributed by atoms with van der Waals surface area (Å²) in [7, 11) is 0. The van der Waals surface area contributed by atoms with Gasteiger partial charge in [0, 0.05) is 0 Å². The molecule has 0 fully saturated rings. The van der Waals surface area contributed by atoms with Gasteiger partial charge in [-0.3, -0.25) is 19.2 Å². The molecule has 0 aliphatic carbocycles.